The van der Waals surface area contributed by atoms with Crippen LogP contribution in [0.5, 0.6) is 0 Å². The second-order valence-corrected chi connectivity index (χ2v) is 7.82. The number of amides is 1. The minimum Gasteiger partial charge on any atom is -0.411 e. The lowest BCUT2D eigenvalue weighted by molar-refractivity contribution is -0.113. The molecule has 1 N–H and O–H groups in total. The van der Waals surface area contributed by atoms with E-state index in [1.807, 2.05) is 50.2 Å². The minimum absolute atomic E-state index is 0.140. The molecule has 0 aliphatic carbocycles. The third-order valence-corrected chi connectivity index (χ3v) is 5.34. The van der Waals surface area contributed by atoms with Crippen LogP contribution >= 0.6 is 39.3 Å². The van der Waals surface area contributed by atoms with Gasteiger partial charge in [0.1, 0.15) is 0 Å². The molecule has 8 heteroatoms. The van der Waals surface area contributed by atoms with Gasteiger partial charge in [-0.05, 0) is 59.1 Å². The average Bonchev–Trinajstić information content (AvgIpc) is 3.05. The number of carbonyl (C=O) groups excluding carboxylic acids is 1. The Labute approximate surface area is 168 Å². The standard InChI is InChI=1S/C18H15BrClN3O2S/c1-10-7-11(2)16(14(20)8-10)21-15(24)9-26-18-23-22-17(25-18)12-5-3-4-6-13(12)19/h3-8H,9H2,1-2H3,(H,21,24). The van der Waals surface area contributed by atoms with Crippen molar-refractivity contribution in [2.75, 3.05) is 11.1 Å². The third kappa shape index (κ3) is 4.47. The Bertz CT molecular complexity index is 938. The molecule has 1 heterocycles. The number of nitrogens with one attached hydrogen (secondary N) is 1. The molecule has 0 radical (unpaired) electrons. The van der Waals surface area contributed by atoms with Crippen molar-refractivity contribution < 1.29 is 9.21 Å². The van der Waals surface area contributed by atoms with Crippen LogP contribution in [0.3, 0.4) is 0 Å². The predicted octanol–water partition coefficient (Wildman–Crippen LogP) is 5.50. The molecule has 2 aromatic carbocycles. The van der Waals surface area contributed by atoms with Gasteiger partial charge in [0, 0.05) is 4.47 Å². The summed E-state index contributed by atoms with van der Waals surface area (Å²) in [5.41, 5.74) is 3.40. The first-order valence-electron chi connectivity index (χ1n) is 7.72. The number of halogens is 2. The van der Waals surface area contributed by atoms with Crippen molar-refractivity contribution in [2.45, 2.75) is 19.1 Å². The quantitative estimate of drug-likeness (QED) is 0.518. The van der Waals surface area contributed by atoms with Crippen molar-refractivity contribution in [3.63, 3.8) is 0 Å². The Morgan fingerprint density at radius 3 is 2.77 bits per heavy atom. The van der Waals surface area contributed by atoms with Crippen molar-refractivity contribution in [2.24, 2.45) is 0 Å². The first kappa shape index (κ1) is 18.9. The average molecular weight is 453 g/mol. The molecule has 0 saturated heterocycles. The van der Waals surface area contributed by atoms with Crippen LogP contribution in [-0.4, -0.2) is 21.9 Å². The molecule has 0 aliphatic rings. The third-order valence-electron chi connectivity index (χ3n) is 3.53. The van der Waals surface area contributed by atoms with E-state index in [0.29, 0.717) is 21.8 Å². The van der Waals surface area contributed by atoms with Crippen LogP contribution in [0.25, 0.3) is 11.5 Å². The van der Waals surface area contributed by atoms with Crippen molar-refractivity contribution >= 4 is 50.9 Å². The fraction of sp³-hybridized carbons (Fsp3) is 0.167. The highest BCUT2D eigenvalue weighted by Crippen LogP contribution is 2.30. The molecule has 0 bridgehead atoms. The number of hydrogen-bond donors (Lipinski definition) is 1. The molecule has 3 aromatic rings. The Hall–Kier alpha value is -1.83. The van der Waals surface area contributed by atoms with Crippen molar-refractivity contribution in [3.8, 4) is 11.5 Å². The van der Waals surface area contributed by atoms with Gasteiger partial charge < -0.3 is 9.73 Å². The van der Waals surface area contributed by atoms with Gasteiger partial charge in [0.05, 0.1) is 22.0 Å². The second-order valence-electron chi connectivity index (χ2n) is 5.63. The van der Waals surface area contributed by atoms with Crippen LogP contribution in [0.1, 0.15) is 11.1 Å². The zero-order chi connectivity index (χ0) is 18.7. The fourth-order valence-electron chi connectivity index (χ4n) is 2.39. The summed E-state index contributed by atoms with van der Waals surface area (Å²) in [5, 5.41) is 11.7. The van der Waals surface area contributed by atoms with Gasteiger partial charge in [-0.25, -0.2) is 0 Å². The zero-order valence-corrected chi connectivity index (χ0v) is 17.2. The Morgan fingerprint density at radius 1 is 1.27 bits per heavy atom. The number of nitrogens with zero attached hydrogens (tertiary/aromatic N) is 2. The lowest BCUT2D eigenvalue weighted by Gasteiger charge is -2.11. The normalized spacial score (nSPS) is 10.8. The molecular weight excluding hydrogens is 438 g/mol. The second kappa shape index (κ2) is 8.24. The van der Waals surface area contributed by atoms with E-state index in [1.165, 1.54) is 11.8 Å². The number of hydrogen-bond acceptors (Lipinski definition) is 5. The number of anilines is 1. The topological polar surface area (TPSA) is 68.0 Å². The maximum absolute atomic E-state index is 12.2. The largest absolute Gasteiger partial charge is 0.411 e. The monoisotopic (exact) mass is 451 g/mol. The lowest BCUT2D eigenvalue weighted by atomic mass is 10.1. The van der Waals surface area contributed by atoms with E-state index in [2.05, 4.69) is 31.4 Å². The van der Waals surface area contributed by atoms with E-state index in [-0.39, 0.29) is 11.7 Å². The van der Waals surface area contributed by atoms with Crippen LogP contribution in [0.4, 0.5) is 5.69 Å². The molecule has 0 aliphatic heterocycles. The van der Waals surface area contributed by atoms with Crippen LogP contribution < -0.4 is 5.32 Å². The number of benzene rings is 2. The summed E-state index contributed by atoms with van der Waals surface area (Å²) in [6.07, 6.45) is 0. The highest BCUT2D eigenvalue weighted by molar-refractivity contribution is 9.10. The van der Waals surface area contributed by atoms with E-state index in [4.69, 9.17) is 16.0 Å². The maximum Gasteiger partial charge on any atom is 0.277 e. The van der Waals surface area contributed by atoms with Crippen LogP contribution in [0.15, 0.2) is 50.5 Å². The summed E-state index contributed by atoms with van der Waals surface area (Å²) >= 11 is 10.8. The molecule has 0 spiro atoms. The van der Waals surface area contributed by atoms with Crippen molar-refractivity contribution in [1.29, 1.82) is 0 Å². The summed E-state index contributed by atoms with van der Waals surface area (Å²) in [6, 6.07) is 11.4. The molecular formula is C18H15BrClN3O2S. The molecule has 3 rings (SSSR count). The number of thioether (sulfide) groups is 1. The highest BCUT2D eigenvalue weighted by atomic mass is 79.9. The summed E-state index contributed by atoms with van der Waals surface area (Å²) in [4.78, 5) is 12.2. The van der Waals surface area contributed by atoms with Crippen molar-refractivity contribution in [3.05, 3.63) is 57.0 Å². The van der Waals surface area contributed by atoms with Crippen LogP contribution in [0, 0.1) is 13.8 Å². The van der Waals surface area contributed by atoms with Gasteiger partial charge in [0.15, 0.2) is 0 Å². The van der Waals surface area contributed by atoms with Gasteiger partial charge in [-0.2, -0.15) is 0 Å². The molecule has 134 valence electrons. The zero-order valence-electron chi connectivity index (χ0n) is 14.0. The van der Waals surface area contributed by atoms with E-state index < -0.39 is 0 Å². The van der Waals surface area contributed by atoms with Crippen LogP contribution in [-0.2, 0) is 4.79 Å². The molecule has 0 unspecified atom stereocenters. The predicted molar refractivity (Wildman–Crippen MR) is 108 cm³/mol. The van der Waals surface area contributed by atoms with Gasteiger partial charge in [0.2, 0.25) is 11.8 Å². The van der Waals surface area contributed by atoms with Crippen molar-refractivity contribution in [1.82, 2.24) is 10.2 Å². The maximum atomic E-state index is 12.2. The van der Waals surface area contributed by atoms with Crippen LogP contribution in [0.2, 0.25) is 5.02 Å². The SMILES string of the molecule is Cc1cc(C)c(NC(=O)CSc2nnc(-c3ccccc3Br)o2)c(Cl)c1. The Morgan fingerprint density at radius 2 is 2.04 bits per heavy atom. The lowest BCUT2D eigenvalue weighted by Crippen LogP contribution is -2.15. The fourth-order valence-corrected chi connectivity index (χ4v) is 3.77. The Kier molecular flexibility index (Phi) is 6.01. The van der Waals surface area contributed by atoms with Gasteiger partial charge in [-0.1, -0.05) is 41.6 Å². The van der Waals surface area contributed by atoms with Gasteiger partial charge >= 0.3 is 0 Å². The summed E-state index contributed by atoms with van der Waals surface area (Å²) in [7, 11) is 0. The van der Waals surface area contributed by atoms with Gasteiger partial charge in [-0.3, -0.25) is 4.79 Å². The van der Waals surface area contributed by atoms with E-state index >= 15 is 0 Å². The summed E-state index contributed by atoms with van der Waals surface area (Å²) in [6.45, 7) is 3.86. The Balaban J connectivity index is 1.63. The molecule has 26 heavy (non-hydrogen) atoms. The highest BCUT2D eigenvalue weighted by Gasteiger charge is 2.14. The number of aromatic nitrogens is 2. The smallest absolute Gasteiger partial charge is 0.277 e. The molecule has 0 atom stereocenters. The molecule has 5 nitrogen and oxygen atoms in total. The molecule has 0 saturated carbocycles. The number of aryl methyl sites for hydroxylation is 2. The molecule has 1 amide bonds. The van der Waals surface area contributed by atoms with E-state index in [0.717, 1.165) is 21.2 Å². The van der Waals surface area contributed by atoms with Gasteiger partial charge in [-0.15, -0.1) is 10.2 Å². The summed E-state index contributed by atoms with van der Waals surface area (Å²) in [5.74, 6) is 0.351. The number of carbonyl (C=O) groups is 1. The van der Waals surface area contributed by atoms with E-state index in [1.54, 1.807) is 0 Å². The first-order valence-corrected chi connectivity index (χ1v) is 9.87. The van der Waals surface area contributed by atoms with Gasteiger partial charge in [0.25, 0.3) is 5.22 Å². The number of rotatable bonds is 5. The molecule has 0 fully saturated rings. The minimum atomic E-state index is -0.190. The summed E-state index contributed by atoms with van der Waals surface area (Å²) < 4.78 is 6.48. The molecule has 1 aromatic heterocycles. The first-order chi connectivity index (χ1) is 12.4. The van der Waals surface area contributed by atoms with E-state index in [9.17, 15) is 4.79 Å².